The zero-order valence-electron chi connectivity index (χ0n) is 16.6. The van der Waals surface area contributed by atoms with Crippen molar-refractivity contribution in [3.8, 4) is 6.07 Å². The molecule has 4 rings (SSSR count). The van der Waals surface area contributed by atoms with E-state index in [1.165, 1.54) is 17.6 Å². The number of aromatic nitrogens is 2. The molecule has 162 valence electrons. The van der Waals surface area contributed by atoms with Crippen LogP contribution in [0.15, 0.2) is 29.0 Å². The van der Waals surface area contributed by atoms with Crippen molar-refractivity contribution in [1.29, 1.82) is 5.26 Å². The number of aryl methyl sites for hydroxylation is 1. The number of rotatable bonds is 4. The van der Waals surface area contributed by atoms with Crippen molar-refractivity contribution in [3.05, 3.63) is 51.9 Å². The predicted molar refractivity (Wildman–Crippen MR) is 108 cm³/mol. The van der Waals surface area contributed by atoms with Gasteiger partial charge in [-0.2, -0.15) is 23.5 Å². The Morgan fingerprint density at radius 1 is 1.52 bits per heavy atom. The highest BCUT2D eigenvalue weighted by molar-refractivity contribution is 7.16. The van der Waals surface area contributed by atoms with Crippen molar-refractivity contribution in [2.24, 2.45) is 0 Å². The summed E-state index contributed by atoms with van der Waals surface area (Å²) in [5.41, 5.74) is 1.17. The van der Waals surface area contributed by atoms with Gasteiger partial charge in [0.05, 0.1) is 24.1 Å². The SMILES string of the molecule is CCc1c(C)sc(NC(=O)c2cnn3c2N[C@H](c2ccco2)C[C@H]3C(F)(F)F)c1C#N. The Bertz CT molecular complexity index is 1160. The fourth-order valence-corrected chi connectivity index (χ4v) is 4.88. The van der Waals surface area contributed by atoms with Crippen LogP contribution < -0.4 is 10.6 Å². The van der Waals surface area contributed by atoms with Gasteiger partial charge in [-0.05, 0) is 31.0 Å². The van der Waals surface area contributed by atoms with Gasteiger partial charge in [-0.25, -0.2) is 4.68 Å². The molecule has 0 aliphatic carbocycles. The van der Waals surface area contributed by atoms with Gasteiger partial charge >= 0.3 is 6.18 Å². The maximum Gasteiger partial charge on any atom is 0.410 e. The zero-order chi connectivity index (χ0) is 22.3. The lowest BCUT2D eigenvalue weighted by Gasteiger charge is -2.32. The number of nitriles is 1. The van der Waals surface area contributed by atoms with Gasteiger partial charge in [0.25, 0.3) is 5.91 Å². The van der Waals surface area contributed by atoms with Crippen LogP contribution in [0.4, 0.5) is 24.0 Å². The van der Waals surface area contributed by atoms with Gasteiger partial charge in [0.1, 0.15) is 28.2 Å². The molecule has 0 fully saturated rings. The lowest BCUT2D eigenvalue weighted by Crippen LogP contribution is -2.36. The highest BCUT2D eigenvalue weighted by Gasteiger charge is 2.47. The minimum atomic E-state index is -4.56. The van der Waals surface area contributed by atoms with Gasteiger partial charge in [-0.3, -0.25) is 4.79 Å². The lowest BCUT2D eigenvalue weighted by atomic mass is 10.0. The van der Waals surface area contributed by atoms with Crippen molar-refractivity contribution in [3.63, 3.8) is 0 Å². The summed E-state index contributed by atoms with van der Waals surface area (Å²) in [7, 11) is 0. The van der Waals surface area contributed by atoms with E-state index in [0.717, 1.165) is 21.3 Å². The molecule has 3 aromatic rings. The summed E-state index contributed by atoms with van der Waals surface area (Å²) in [5.74, 6) is -0.355. The largest absolute Gasteiger partial charge is 0.467 e. The molecule has 0 saturated heterocycles. The highest BCUT2D eigenvalue weighted by Crippen LogP contribution is 2.44. The summed E-state index contributed by atoms with van der Waals surface area (Å²) in [6.45, 7) is 3.76. The molecule has 4 heterocycles. The molecule has 2 N–H and O–H groups in total. The highest BCUT2D eigenvalue weighted by atomic mass is 32.1. The van der Waals surface area contributed by atoms with E-state index in [1.807, 2.05) is 13.8 Å². The van der Waals surface area contributed by atoms with Crippen molar-refractivity contribution >= 4 is 28.1 Å². The average Bonchev–Trinajstić information content (AvgIpc) is 3.44. The van der Waals surface area contributed by atoms with Crippen LogP contribution in [-0.4, -0.2) is 21.9 Å². The Labute approximate surface area is 179 Å². The topological polar surface area (TPSA) is 95.9 Å². The van der Waals surface area contributed by atoms with Gasteiger partial charge in [0, 0.05) is 11.3 Å². The van der Waals surface area contributed by atoms with Crippen LogP contribution in [0.1, 0.15) is 57.6 Å². The van der Waals surface area contributed by atoms with Crippen LogP contribution in [0.2, 0.25) is 0 Å². The number of carbonyl (C=O) groups is 1. The van der Waals surface area contributed by atoms with E-state index in [4.69, 9.17) is 4.42 Å². The monoisotopic (exact) mass is 449 g/mol. The maximum atomic E-state index is 13.7. The summed E-state index contributed by atoms with van der Waals surface area (Å²) >= 11 is 1.26. The minimum absolute atomic E-state index is 0.0431. The third-order valence-electron chi connectivity index (χ3n) is 5.27. The molecule has 7 nitrogen and oxygen atoms in total. The molecule has 31 heavy (non-hydrogen) atoms. The Morgan fingerprint density at radius 3 is 2.90 bits per heavy atom. The number of hydrogen-bond acceptors (Lipinski definition) is 6. The van der Waals surface area contributed by atoms with Gasteiger partial charge < -0.3 is 15.1 Å². The van der Waals surface area contributed by atoms with E-state index < -0.39 is 24.2 Å². The third-order valence-corrected chi connectivity index (χ3v) is 6.33. The Balaban J connectivity index is 1.70. The molecule has 1 amide bonds. The summed E-state index contributed by atoms with van der Waals surface area (Å²) < 4.78 is 47.2. The number of amides is 1. The van der Waals surface area contributed by atoms with E-state index >= 15 is 0 Å². The predicted octanol–water partition coefficient (Wildman–Crippen LogP) is 5.19. The molecule has 0 saturated carbocycles. The van der Waals surface area contributed by atoms with E-state index in [2.05, 4.69) is 21.8 Å². The van der Waals surface area contributed by atoms with E-state index in [9.17, 15) is 23.2 Å². The molecule has 0 spiro atoms. The number of alkyl halides is 3. The molecular formula is C20H18F3N5O2S. The van der Waals surface area contributed by atoms with Crippen LogP contribution in [-0.2, 0) is 6.42 Å². The normalized spacial score (nSPS) is 18.2. The molecule has 11 heteroatoms. The van der Waals surface area contributed by atoms with Crippen LogP contribution in [0, 0.1) is 18.3 Å². The minimum Gasteiger partial charge on any atom is -0.467 e. The zero-order valence-corrected chi connectivity index (χ0v) is 17.4. The van der Waals surface area contributed by atoms with Gasteiger partial charge in [-0.15, -0.1) is 11.3 Å². The number of carbonyl (C=O) groups excluding carboxylic acids is 1. The molecule has 1 aliphatic heterocycles. The standard InChI is InChI=1S/C20H18F3N5O2S/c1-3-11-10(2)31-19(12(11)8-24)27-18(29)13-9-25-28-16(20(21,22)23)7-14(26-17(13)28)15-5-4-6-30-15/h4-6,9,14,16,26H,3,7H2,1-2H3,(H,27,29)/t14-,16-/m0/s1. The summed E-state index contributed by atoms with van der Waals surface area (Å²) in [6, 6.07) is 2.58. The van der Waals surface area contributed by atoms with E-state index in [-0.39, 0.29) is 17.8 Å². The second kappa shape index (κ2) is 7.77. The third kappa shape index (κ3) is 3.67. The van der Waals surface area contributed by atoms with E-state index in [0.29, 0.717) is 22.7 Å². The van der Waals surface area contributed by atoms with E-state index in [1.54, 1.807) is 12.1 Å². The Morgan fingerprint density at radius 2 is 2.29 bits per heavy atom. The van der Waals surface area contributed by atoms with Crippen LogP contribution >= 0.6 is 11.3 Å². The first-order valence-electron chi connectivity index (χ1n) is 9.52. The molecule has 0 radical (unpaired) electrons. The van der Waals surface area contributed by atoms with Gasteiger partial charge in [-0.1, -0.05) is 6.92 Å². The summed E-state index contributed by atoms with van der Waals surface area (Å²) in [6.07, 6.45) is -1.77. The molecular weight excluding hydrogens is 431 g/mol. The number of thiophene rings is 1. The quantitative estimate of drug-likeness (QED) is 0.571. The van der Waals surface area contributed by atoms with Crippen molar-refractivity contribution in [2.45, 2.75) is 44.9 Å². The number of halogens is 3. The second-order valence-corrected chi connectivity index (χ2v) is 8.34. The first-order chi connectivity index (χ1) is 14.7. The molecule has 3 aromatic heterocycles. The first-order valence-corrected chi connectivity index (χ1v) is 10.3. The van der Waals surface area contributed by atoms with Gasteiger partial charge in [0.15, 0.2) is 6.04 Å². The van der Waals surface area contributed by atoms with Crippen molar-refractivity contribution in [2.75, 3.05) is 10.6 Å². The van der Waals surface area contributed by atoms with Crippen LogP contribution in [0.25, 0.3) is 0 Å². The van der Waals surface area contributed by atoms with Crippen molar-refractivity contribution < 1.29 is 22.4 Å². The van der Waals surface area contributed by atoms with Crippen LogP contribution in [0.5, 0.6) is 0 Å². The molecule has 0 bridgehead atoms. The number of nitrogens with zero attached hydrogens (tertiary/aromatic N) is 3. The second-order valence-electron chi connectivity index (χ2n) is 7.12. The lowest BCUT2D eigenvalue weighted by molar-refractivity contribution is -0.174. The first kappa shape index (κ1) is 21.0. The number of furan rings is 1. The number of anilines is 2. The number of nitrogens with one attached hydrogen (secondary N) is 2. The fourth-order valence-electron chi connectivity index (χ4n) is 3.79. The number of fused-ring (bicyclic) bond motifs is 1. The fraction of sp³-hybridized carbons (Fsp3) is 0.350. The molecule has 2 atom stereocenters. The maximum absolute atomic E-state index is 13.7. The van der Waals surface area contributed by atoms with Crippen LogP contribution in [0.3, 0.4) is 0 Å². The molecule has 0 unspecified atom stereocenters. The molecule has 1 aliphatic rings. The average molecular weight is 449 g/mol. The Kier molecular flexibility index (Phi) is 5.26. The summed E-state index contributed by atoms with van der Waals surface area (Å²) in [4.78, 5) is 13.9. The molecule has 0 aromatic carbocycles. The summed E-state index contributed by atoms with van der Waals surface area (Å²) in [5, 5.41) is 19.3. The van der Waals surface area contributed by atoms with Gasteiger partial charge in [0.2, 0.25) is 0 Å². The Hall–Kier alpha value is -3.26. The van der Waals surface area contributed by atoms with Crippen molar-refractivity contribution in [1.82, 2.24) is 9.78 Å². The number of hydrogen-bond donors (Lipinski definition) is 2. The smallest absolute Gasteiger partial charge is 0.410 e.